The highest BCUT2D eigenvalue weighted by Crippen LogP contribution is 2.36. The van der Waals surface area contributed by atoms with Crippen LogP contribution in [0.4, 0.5) is 0 Å². The van der Waals surface area contributed by atoms with Crippen LogP contribution in [0.5, 0.6) is 11.5 Å². The molecule has 0 unspecified atom stereocenters. The van der Waals surface area contributed by atoms with Crippen LogP contribution in [0.3, 0.4) is 0 Å². The normalized spacial score (nSPS) is 12.0. The fourth-order valence-corrected chi connectivity index (χ4v) is 1.78. The SMILES string of the molecule is COC(=O)C(C)(C)[C@@H](N)c1ccc(OC(C)=O)c(O)c1.Cl. The van der Waals surface area contributed by atoms with Crippen LogP contribution in [0.1, 0.15) is 32.4 Å². The molecule has 0 spiro atoms. The Labute approximate surface area is 129 Å². The summed E-state index contributed by atoms with van der Waals surface area (Å²) in [5.41, 5.74) is 5.63. The molecule has 0 saturated heterocycles. The number of benzene rings is 1. The zero-order chi connectivity index (χ0) is 15.5. The summed E-state index contributed by atoms with van der Waals surface area (Å²) in [7, 11) is 1.29. The molecule has 1 aromatic rings. The van der Waals surface area contributed by atoms with Gasteiger partial charge in [0.2, 0.25) is 0 Å². The molecule has 0 radical (unpaired) electrons. The zero-order valence-corrected chi connectivity index (χ0v) is 13.2. The molecule has 118 valence electrons. The number of phenols is 1. The van der Waals surface area contributed by atoms with Crippen LogP contribution in [0, 0.1) is 5.41 Å². The van der Waals surface area contributed by atoms with Crippen molar-refractivity contribution in [1.29, 1.82) is 0 Å². The van der Waals surface area contributed by atoms with E-state index in [0.717, 1.165) is 0 Å². The fraction of sp³-hybridized carbons (Fsp3) is 0.429. The molecule has 6 nitrogen and oxygen atoms in total. The molecular formula is C14H20ClNO5. The number of phenolic OH excluding ortho intramolecular Hbond substituents is 1. The van der Waals surface area contributed by atoms with E-state index in [0.29, 0.717) is 5.56 Å². The number of esters is 2. The molecule has 0 aromatic heterocycles. The maximum atomic E-state index is 11.7. The second kappa shape index (κ2) is 7.28. The van der Waals surface area contributed by atoms with Crippen LogP contribution in [-0.2, 0) is 14.3 Å². The lowest BCUT2D eigenvalue weighted by Gasteiger charge is -2.29. The first-order valence-electron chi connectivity index (χ1n) is 6.05. The Kier molecular flexibility index (Phi) is 6.66. The number of rotatable bonds is 4. The number of aromatic hydroxyl groups is 1. The van der Waals surface area contributed by atoms with Gasteiger partial charge in [0, 0.05) is 13.0 Å². The molecule has 1 atom stereocenters. The molecule has 0 aliphatic carbocycles. The van der Waals surface area contributed by atoms with Gasteiger partial charge in [-0.3, -0.25) is 9.59 Å². The Morgan fingerprint density at radius 2 is 1.90 bits per heavy atom. The predicted molar refractivity (Wildman–Crippen MR) is 79.4 cm³/mol. The molecule has 7 heteroatoms. The second-order valence-electron chi connectivity index (χ2n) is 5.01. The van der Waals surface area contributed by atoms with Gasteiger partial charge in [0.05, 0.1) is 12.5 Å². The molecule has 0 heterocycles. The molecule has 0 saturated carbocycles. The Morgan fingerprint density at radius 1 is 1.33 bits per heavy atom. The third kappa shape index (κ3) is 4.34. The average molecular weight is 318 g/mol. The quantitative estimate of drug-likeness (QED) is 0.650. The standard InChI is InChI=1S/C14H19NO5.ClH/c1-8(16)20-11-6-5-9(7-10(11)17)12(15)14(2,3)13(18)19-4;/h5-7,12,17H,15H2,1-4H3;1H/t12-;/m0./s1. The fourth-order valence-electron chi connectivity index (χ4n) is 1.78. The number of halogens is 1. The zero-order valence-electron chi connectivity index (χ0n) is 12.4. The highest BCUT2D eigenvalue weighted by molar-refractivity contribution is 5.85. The highest BCUT2D eigenvalue weighted by atomic mass is 35.5. The van der Waals surface area contributed by atoms with Gasteiger partial charge in [-0.2, -0.15) is 0 Å². The minimum Gasteiger partial charge on any atom is -0.504 e. The van der Waals surface area contributed by atoms with Crippen LogP contribution in [-0.4, -0.2) is 24.2 Å². The van der Waals surface area contributed by atoms with Gasteiger partial charge < -0.3 is 20.3 Å². The van der Waals surface area contributed by atoms with E-state index in [-0.39, 0.29) is 23.9 Å². The molecule has 0 aliphatic heterocycles. The third-order valence-electron chi connectivity index (χ3n) is 3.08. The summed E-state index contributed by atoms with van der Waals surface area (Å²) in [6, 6.07) is 3.72. The minimum atomic E-state index is -0.954. The topological polar surface area (TPSA) is 98.9 Å². The first-order chi connectivity index (χ1) is 9.20. The Morgan fingerprint density at radius 3 is 2.33 bits per heavy atom. The van der Waals surface area contributed by atoms with Crippen LogP contribution in [0.25, 0.3) is 0 Å². The van der Waals surface area contributed by atoms with Crippen molar-refractivity contribution in [1.82, 2.24) is 0 Å². The van der Waals surface area contributed by atoms with E-state index in [4.69, 9.17) is 15.2 Å². The van der Waals surface area contributed by atoms with Gasteiger partial charge in [-0.25, -0.2) is 0 Å². The molecule has 0 amide bonds. The van der Waals surface area contributed by atoms with Gasteiger partial charge in [0.1, 0.15) is 0 Å². The van der Waals surface area contributed by atoms with Gasteiger partial charge >= 0.3 is 11.9 Å². The Hall–Kier alpha value is -1.79. The molecule has 1 aromatic carbocycles. The monoisotopic (exact) mass is 317 g/mol. The van der Waals surface area contributed by atoms with Gasteiger partial charge in [0.25, 0.3) is 0 Å². The van der Waals surface area contributed by atoms with E-state index in [1.54, 1.807) is 19.9 Å². The molecule has 0 fully saturated rings. The van der Waals surface area contributed by atoms with E-state index < -0.39 is 23.4 Å². The number of hydrogen-bond donors (Lipinski definition) is 2. The maximum Gasteiger partial charge on any atom is 0.313 e. The third-order valence-corrected chi connectivity index (χ3v) is 3.08. The summed E-state index contributed by atoms with van der Waals surface area (Å²) in [5, 5.41) is 9.80. The van der Waals surface area contributed by atoms with Crippen LogP contribution < -0.4 is 10.5 Å². The first-order valence-corrected chi connectivity index (χ1v) is 6.05. The number of ether oxygens (including phenoxy) is 2. The van der Waals surface area contributed by atoms with Crippen molar-refractivity contribution < 1.29 is 24.2 Å². The summed E-state index contributed by atoms with van der Waals surface area (Å²) >= 11 is 0. The Balaban J connectivity index is 0.00000400. The van der Waals surface area contributed by atoms with E-state index in [2.05, 4.69) is 0 Å². The molecule has 1 rings (SSSR count). The average Bonchev–Trinajstić information content (AvgIpc) is 2.38. The molecular weight excluding hydrogens is 298 g/mol. The highest BCUT2D eigenvalue weighted by Gasteiger charge is 2.36. The predicted octanol–water partition coefficient (Wildman–Crippen LogP) is 1.94. The van der Waals surface area contributed by atoms with Crippen LogP contribution >= 0.6 is 12.4 Å². The van der Waals surface area contributed by atoms with Crippen molar-refractivity contribution in [2.45, 2.75) is 26.8 Å². The van der Waals surface area contributed by atoms with Crippen molar-refractivity contribution in [3.63, 3.8) is 0 Å². The van der Waals surface area contributed by atoms with Gasteiger partial charge in [-0.15, -0.1) is 12.4 Å². The lowest BCUT2D eigenvalue weighted by Crippen LogP contribution is -2.37. The Bertz CT molecular complexity index is 530. The van der Waals surface area contributed by atoms with E-state index in [1.807, 2.05) is 0 Å². The number of nitrogens with two attached hydrogens (primary N) is 1. The second-order valence-corrected chi connectivity index (χ2v) is 5.01. The van der Waals surface area contributed by atoms with Crippen molar-refractivity contribution in [3.05, 3.63) is 23.8 Å². The number of methoxy groups -OCH3 is 1. The van der Waals surface area contributed by atoms with Crippen molar-refractivity contribution in [2.24, 2.45) is 11.1 Å². The summed E-state index contributed by atoms with van der Waals surface area (Å²) in [5.74, 6) is -1.15. The van der Waals surface area contributed by atoms with Crippen molar-refractivity contribution in [2.75, 3.05) is 7.11 Å². The molecule has 21 heavy (non-hydrogen) atoms. The lowest BCUT2D eigenvalue weighted by atomic mass is 9.81. The molecule has 0 bridgehead atoms. The minimum absolute atomic E-state index is 0. The van der Waals surface area contributed by atoms with E-state index in [1.165, 1.54) is 26.2 Å². The van der Waals surface area contributed by atoms with E-state index in [9.17, 15) is 14.7 Å². The first kappa shape index (κ1) is 19.2. The summed E-state index contributed by atoms with van der Waals surface area (Å²) in [4.78, 5) is 22.6. The van der Waals surface area contributed by atoms with Gasteiger partial charge in [-0.1, -0.05) is 6.07 Å². The van der Waals surface area contributed by atoms with Crippen molar-refractivity contribution >= 4 is 24.3 Å². The van der Waals surface area contributed by atoms with Crippen LogP contribution in [0.15, 0.2) is 18.2 Å². The van der Waals surface area contributed by atoms with E-state index >= 15 is 0 Å². The number of hydrogen-bond acceptors (Lipinski definition) is 6. The molecule has 0 aliphatic rings. The summed E-state index contributed by atoms with van der Waals surface area (Å²) in [6.07, 6.45) is 0. The maximum absolute atomic E-state index is 11.7. The van der Waals surface area contributed by atoms with Crippen LogP contribution in [0.2, 0.25) is 0 Å². The largest absolute Gasteiger partial charge is 0.504 e. The summed E-state index contributed by atoms with van der Waals surface area (Å²) < 4.78 is 9.53. The molecule has 3 N–H and O–H groups in total. The number of carbonyl (C=O) groups excluding carboxylic acids is 2. The smallest absolute Gasteiger partial charge is 0.313 e. The van der Waals surface area contributed by atoms with Gasteiger partial charge in [-0.05, 0) is 31.5 Å². The van der Waals surface area contributed by atoms with Gasteiger partial charge in [0.15, 0.2) is 11.5 Å². The number of carbonyl (C=O) groups is 2. The lowest BCUT2D eigenvalue weighted by molar-refractivity contribution is -0.152. The van der Waals surface area contributed by atoms with Crippen molar-refractivity contribution in [3.8, 4) is 11.5 Å². The summed E-state index contributed by atoms with van der Waals surface area (Å²) in [6.45, 7) is 4.54.